The zero-order valence-corrected chi connectivity index (χ0v) is 12.0. The molecule has 1 fully saturated rings. The van der Waals surface area contributed by atoms with Crippen LogP contribution < -0.4 is 9.88 Å². The van der Waals surface area contributed by atoms with E-state index in [1.54, 1.807) is 7.05 Å². The summed E-state index contributed by atoms with van der Waals surface area (Å²) in [6.07, 6.45) is 1.77. The van der Waals surface area contributed by atoms with Crippen molar-refractivity contribution < 1.29 is 26.7 Å². The number of sulfonamides is 1. The quantitative estimate of drug-likeness (QED) is 0.861. The molecule has 0 heterocycles. The lowest BCUT2D eigenvalue weighted by Crippen LogP contribution is -2.33. The Labute approximate surface area is 120 Å². The van der Waals surface area contributed by atoms with Gasteiger partial charge in [0.25, 0.3) is 5.91 Å². The molecular formula is C12H14F2N2O4S. The van der Waals surface area contributed by atoms with E-state index in [4.69, 9.17) is 9.88 Å². The lowest BCUT2D eigenvalue weighted by molar-refractivity contribution is -0.132. The van der Waals surface area contributed by atoms with Gasteiger partial charge in [-0.05, 0) is 18.9 Å². The highest BCUT2D eigenvalue weighted by molar-refractivity contribution is 7.89. The van der Waals surface area contributed by atoms with Gasteiger partial charge >= 0.3 is 0 Å². The number of amides is 1. The molecule has 1 aliphatic rings. The Kier molecular flexibility index (Phi) is 4.15. The van der Waals surface area contributed by atoms with Crippen LogP contribution in [-0.2, 0) is 14.8 Å². The highest BCUT2D eigenvalue weighted by atomic mass is 32.2. The maximum atomic E-state index is 13.7. The first-order valence-electron chi connectivity index (χ1n) is 6.10. The monoisotopic (exact) mass is 320 g/mol. The minimum Gasteiger partial charge on any atom is -0.479 e. The molecule has 0 aromatic heterocycles. The van der Waals surface area contributed by atoms with Crippen molar-refractivity contribution in [2.24, 2.45) is 5.14 Å². The Morgan fingerprint density at radius 3 is 2.57 bits per heavy atom. The van der Waals surface area contributed by atoms with Gasteiger partial charge in [-0.3, -0.25) is 4.79 Å². The maximum absolute atomic E-state index is 13.7. The summed E-state index contributed by atoms with van der Waals surface area (Å²) in [7, 11) is -2.81. The third-order valence-corrected chi connectivity index (χ3v) is 4.03. The van der Waals surface area contributed by atoms with E-state index in [0.717, 1.165) is 12.8 Å². The van der Waals surface area contributed by atoms with Crippen LogP contribution in [0.4, 0.5) is 8.78 Å². The average molecular weight is 320 g/mol. The van der Waals surface area contributed by atoms with E-state index in [0.29, 0.717) is 12.1 Å². The van der Waals surface area contributed by atoms with Gasteiger partial charge in [0.2, 0.25) is 10.0 Å². The summed E-state index contributed by atoms with van der Waals surface area (Å²) in [5.74, 6) is -3.52. The van der Waals surface area contributed by atoms with E-state index in [2.05, 4.69) is 0 Å². The van der Waals surface area contributed by atoms with E-state index in [9.17, 15) is 22.0 Å². The highest BCUT2D eigenvalue weighted by Crippen LogP contribution is 2.28. The molecule has 1 saturated carbocycles. The van der Waals surface area contributed by atoms with E-state index in [-0.39, 0.29) is 6.04 Å². The molecule has 1 amide bonds. The van der Waals surface area contributed by atoms with Gasteiger partial charge in [-0.25, -0.2) is 22.3 Å². The predicted octanol–water partition coefficient (Wildman–Crippen LogP) is 0.612. The van der Waals surface area contributed by atoms with Crippen LogP contribution in [0.3, 0.4) is 0 Å². The van der Waals surface area contributed by atoms with Crippen molar-refractivity contribution in [2.45, 2.75) is 23.8 Å². The smallest absolute Gasteiger partial charge is 0.260 e. The summed E-state index contributed by atoms with van der Waals surface area (Å²) in [6, 6.07) is 1.14. The fourth-order valence-corrected chi connectivity index (χ4v) is 2.48. The molecule has 2 rings (SSSR count). The Hall–Kier alpha value is -1.74. The van der Waals surface area contributed by atoms with Gasteiger partial charge in [0, 0.05) is 19.2 Å². The van der Waals surface area contributed by atoms with Crippen LogP contribution in [-0.4, -0.2) is 38.9 Å². The number of nitrogens with two attached hydrogens (primary N) is 1. The summed E-state index contributed by atoms with van der Waals surface area (Å²) < 4.78 is 54.3. The van der Waals surface area contributed by atoms with Crippen LogP contribution in [0.15, 0.2) is 17.0 Å². The number of rotatable bonds is 5. The molecule has 0 unspecified atom stereocenters. The molecule has 9 heteroatoms. The van der Waals surface area contributed by atoms with Crippen LogP contribution in [0, 0.1) is 11.6 Å². The Morgan fingerprint density at radius 2 is 2.05 bits per heavy atom. The number of halogens is 2. The summed E-state index contributed by atoms with van der Waals surface area (Å²) in [5.41, 5.74) is 0. The molecule has 2 N–H and O–H groups in total. The number of hydrogen-bond acceptors (Lipinski definition) is 4. The predicted molar refractivity (Wildman–Crippen MR) is 69.0 cm³/mol. The van der Waals surface area contributed by atoms with Crippen LogP contribution in [0.5, 0.6) is 5.75 Å². The Balaban J connectivity index is 2.21. The molecule has 0 spiro atoms. The van der Waals surface area contributed by atoms with Crippen molar-refractivity contribution in [3.05, 3.63) is 23.8 Å². The van der Waals surface area contributed by atoms with Gasteiger partial charge in [-0.1, -0.05) is 0 Å². The van der Waals surface area contributed by atoms with Crippen molar-refractivity contribution in [1.29, 1.82) is 0 Å². The molecule has 0 radical (unpaired) electrons. The third-order valence-electron chi connectivity index (χ3n) is 3.11. The van der Waals surface area contributed by atoms with Crippen LogP contribution in [0.2, 0.25) is 0 Å². The van der Waals surface area contributed by atoms with E-state index in [1.165, 1.54) is 4.90 Å². The van der Waals surface area contributed by atoms with Crippen LogP contribution >= 0.6 is 0 Å². The lowest BCUT2D eigenvalue weighted by atomic mass is 10.3. The number of nitrogens with zero attached hydrogens (tertiary/aromatic N) is 1. The van der Waals surface area contributed by atoms with Gasteiger partial charge in [-0.2, -0.15) is 0 Å². The van der Waals surface area contributed by atoms with Gasteiger partial charge in [-0.15, -0.1) is 0 Å². The number of likely N-dealkylation sites (N-methyl/N-ethyl adjacent to an activating group) is 1. The summed E-state index contributed by atoms with van der Waals surface area (Å²) in [4.78, 5) is 12.4. The standard InChI is InChI=1S/C12H14F2N2O4S/c1-16(8-2-3-8)11(17)6-20-12-9(14)4-7(13)5-10(12)21(15,18)19/h4-5,8H,2-3,6H2,1H3,(H2,15,18,19). The van der Waals surface area contributed by atoms with Crippen molar-refractivity contribution in [1.82, 2.24) is 4.90 Å². The Bertz CT molecular complexity index is 674. The third kappa shape index (κ3) is 3.67. The van der Waals surface area contributed by atoms with E-state index in [1.807, 2.05) is 0 Å². The number of carbonyl (C=O) groups excluding carboxylic acids is 1. The molecule has 0 saturated heterocycles. The molecule has 116 valence electrons. The first-order valence-corrected chi connectivity index (χ1v) is 7.65. The molecule has 0 bridgehead atoms. The first-order chi connectivity index (χ1) is 9.70. The average Bonchev–Trinajstić information content (AvgIpc) is 3.18. The maximum Gasteiger partial charge on any atom is 0.260 e. The number of carbonyl (C=O) groups is 1. The minimum atomic E-state index is -4.38. The van der Waals surface area contributed by atoms with Crippen molar-refractivity contribution in [3.63, 3.8) is 0 Å². The Morgan fingerprint density at radius 1 is 1.43 bits per heavy atom. The molecule has 6 nitrogen and oxygen atoms in total. The molecule has 1 aromatic rings. The molecular weight excluding hydrogens is 306 g/mol. The SMILES string of the molecule is CN(C(=O)COc1c(F)cc(F)cc1S(N)(=O)=O)C1CC1. The summed E-state index contributed by atoms with van der Waals surface area (Å²) >= 11 is 0. The van der Waals surface area contributed by atoms with Gasteiger partial charge < -0.3 is 9.64 Å². The summed E-state index contributed by atoms with van der Waals surface area (Å²) in [5, 5.41) is 4.88. The fraction of sp³-hybridized carbons (Fsp3) is 0.417. The molecule has 0 aliphatic heterocycles. The van der Waals surface area contributed by atoms with Crippen molar-refractivity contribution in [2.75, 3.05) is 13.7 Å². The number of ether oxygens (including phenoxy) is 1. The van der Waals surface area contributed by atoms with Gasteiger partial charge in [0.1, 0.15) is 10.7 Å². The van der Waals surface area contributed by atoms with E-state index < -0.39 is 44.8 Å². The van der Waals surface area contributed by atoms with Crippen molar-refractivity contribution in [3.8, 4) is 5.75 Å². The highest BCUT2D eigenvalue weighted by Gasteiger charge is 2.30. The van der Waals surface area contributed by atoms with Crippen molar-refractivity contribution >= 4 is 15.9 Å². The first kappa shape index (κ1) is 15.6. The van der Waals surface area contributed by atoms with E-state index >= 15 is 0 Å². The summed E-state index contributed by atoms with van der Waals surface area (Å²) in [6.45, 7) is -0.557. The lowest BCUT2D eigenvalue weighted by Gasteiger charge is -2.17. The fourth-order valence-electron chi connectivity index (χ4n) is 1.79. The zero-order chi connectivity index (χ0) is 15.8. The minimum absolute atomic E-state index is 0.136. The van der Waals surface area contributed by atoms with Crippen LogP contribution in [0.1, 0.15) is 12.8 Å². The van der Waals surface area contributed by atoms with Crippen LogP contribution in [0.25, 0.3) is 0 Å². The zero-order valence-electron chi connectivity index (χ0n) is 11.2. The normalized spacial score (nSPS) is 14.9. The number of hydrogen-bond donors (Lipinski definition) is 1. The number of benzene rings is 1. The van der Waals surface area contributed by atoms with Gasteiger partial charge in [0.05, 0.1) is 0 Å². The molecule has 1 aliphatic carbocycles. The second-order valence-electron chi connectivity index (χ2n) is 4.78. The molecule has 21 heavy (non-hydrogen) atoms. The number of primary sulfonamides is 1. The molecule has 0 atom stereocenters. The van der Waals surface area contributed by atoms with Gasteiger partial charge in [0.15, 0.2) is 18.2 Å². The second-order valence-corrected chi connectivity index (χ2v) is 6.31. The topological polar surface area (TPSA) is 89.7 Å². The second kappa shape index (κ2) is 5.57. The largest absolute Gasteiger partial charge is 0.479 e. The molecule has 1 aromatic carbocycles.